The number of ether oxygens (including phenoxy) is 1. The van der Waals surface area contributed by atoms with Crippen LogP contribution < -0.4 is 5.32 Å². The second-order valence-corrected chi connectivity index (χ2v) is 3.34. The SMILES string of the molecule is CNC1OC(c2ccc(F)cc2)=NC1C#N. The van der Waals surface area contributed by atoms with Gasteiger partial charge in [-0.2, -0.15) is 5.26 Å². The van der Waals surface area contributed by atoms with Crippen LogP contribution in [0.25, 0.3) is 0 Å². The molecule has 1 aromatic rings. The number of aliphatic imine (C=N–C) groups is 1. The van der Waals surface area contributed by atoms with Crippen molar-refractivity contribution in [1.29, 1.82) is 5.26 Å². The molecule has 82 valence electrons. The van der Waals surface area contributed by atoms with E-state index in [0.717, 1.165) is 0 Å². The van der Waals surface area contributed by atoms with Crippen molar-refractivity contribution in [2.45, 2.75) is 12.3 Å². The number of hydrogen-bond donors (Lipinski definition) is 1. The van der Waals surface area contributed by atoms with Crippen molar-refractivity contribution in [3.8, 4) is 6.07 Å². The molecule has 0 saturated heterocycles. The van der Waals surface area contributed by atoms with E-state index >= 15 is 0 Å². The molecule has 0 saturated carbocycles. The van der Waals surface area contributed by atoms with Gasteiger partial charge in [0.15, 0.2) is 12.3 Å². The van der Waals surface area contributed by atoms with Gasteiger partial charge in [0.1, 0.15) is 5.82 Å². The molecule has 16 heavy (non-hydrogen) atoms. The molecule has 2 unspecified atom stereocenters. The third-order valence-electron chi connectivity index (χ3n) is 2.29. The number of likely N-dealkylation sites (N-methyl/N-ethyl adjacent to an activating group) is 1. The molecule has 4 nitrogen and oxygen atoms in total. The lowest BCUT2D eigenvalue weighted by molar-refractivity contribution is 0.179. The lowest BCUT2D eigenvalue weighted by Crippen LogP contribution is -2.34. The molecule has 1 heterocycles. The zero-order valence-electron chi connectivity index (χ0n) is 8.64. The Balaban J connectivity index is 2.24. The minimum atomic E-state index is -0.565. The Morgan fingerprint density at radius 3 is 2.62 bits per heavy atom. The van der Waals surface area contributed by atoms with Crippen molar-refractivity contribution in [2.75, 3.05) is 7.05 Å². The Morgan fingerprint density at radius 2 is 2.12 bits per heavy atom. The fraction of sp³-hybridized carbons (Fsp3) is 0.273. The Morgan fingerprint density at radius 1 is 1.44 bits per heavy atom. The number of rotatable bonds is 2. The van der Waals surface area contributed by atoms with Crippen LogP contribution in [0, 0.1) is 17.1 Å². The standard InChI is InChI=1S/C11H10FN3O/c1-14-11-9(6-13)15-10(16-11)7-2-4-8(12)5-3-7/h2-5,9,11,14H,1H3. The number of benzene rings is 1. The molecular formula is C11H10FN3O. The van der Waals surface area contributed by atoms with E-state index in [1.165, 1.54) is 12.1 Å². The van der Waals surface area contributed by atoms with Gasteiger partial charge < -0.3 is 4.74 Å². The van der Waals surface area contributed by atoms with Crippen molar-refractivity contribution >= 4 is 5.90 Å². The topological polar surface area (TPSA) is 57.4 Å². The van der Waals surface area contributed by atoms with Gasteiger partial charge in [-0.1, -0.05) is 0 Å². The molecule has 0 radical (unpaired) electrons. The highest BCUT2D eigenvalue weighted by Crippen LogP contribution is 2.16. The number of hydrogen-bond acceptors (Lipinski definition) is 4. The molecule has 0 aliphatic carbocycles. The molecular weight excluding hydrogens is 209 g/mol. The fourth-order valence-corrected chi connectivity index (χ4v) is 1.46. The summed E-state index contributed by atoms with van der Waals surface area (Å²) in [4.78, 5) is 4.11. The maximum Gasteiger partial charge on any atom is 0.219 e. The molecule has 1 aliphatic heterocycles. The van der Waals surface area contributed by atoms with E-state index in [-0.39, 0.29) is 5.82 Å². The summed E-state index contributed by atoms with van der Waals surface area (Å²) < 4.78 is 18.1. The summed E-state index contributed by atoms with van der Waals surface area (Å²) in [5.41, 5.74) is 0.666. The summed E-state index contributed by atoms with van der Waals surface area (Å²) >= 11 is 0. The van der Waals surface area contributed by atoms with Gasteiger partial charge in [-0.05, 0) is 31.3 Å². The van der Waals surface area contributed by atoms with Crippen LogP contribution in [-0.4, -0.2) is 25.2 Å². The monoisotopic (exact) mass is 219 g/mol. The molecule has 0 spiro atoms. The molecule has 0 amide bonds. The molecule has 0 fully saturated rings. The van der Waals surface area contributed by atoms with E-state index in [9.17, 15) is 4.39 Å². The molecule has 1 aliphatic rings. The molecule has 5 heteroatoms. The smallest absolute Gasteiger partial charge is 0.219 e. The van der Waals surface area contributed by atoms with E-state index in [1.54, 1.807) is 19.2 Å². The lowest BCUT2D eigenvalue weighted by Gasteiger charge is -2.11. The highest BCUT2D eigenvalue weighted by atomic mass is 19.1. The molecule has 2 rings (SSSR count). The van der Waals surface area contributed by atoms with Gasteiger partial charge in [-0.15, -0.1) is 0 Å². The first kappa shape index (κ1) is 10.6. The van der Waals surface area contributed by atoms with Gasteiger partial charge in [-0.3, -0.25) is 5.32 Å². The van der Waals surface area contributed by atoms with Gasteiger partial charge in [0.25, 0.3) is 0 Å². The molecule has 0 bridgehead atoms. The van der Waals surface area contributed by atoms with Gasteiger partial charge in [0, 0.05) is 5.56 Å². The van der Waals surface area contributed by atoms with E-state index in [0.29, 0.717) is 11.5 Å². The second-order valence-electron chi connectivity index (χ2n) is 3.34. The molecule has 1 aromatic carbocycles. The van der Waals surface area contributed by atoms with E-state index in [4.69, 9.17) is 10.00 Å². The number of nitrogens with zero attached hydrogens (tertiary/aromatic N) is 2. The van der Waals surface area contributed by atoms with Gasteiger partial charge in [0.2, 0.25) is 5.90 Å². The summed E-state index contributed by atoms with van der Waals surface area (Å²) in [5.74, 6) is 0.0512. The van der Waals surface area contributed by atoms with Crippen LogP contribution in [0.15, 0.2) is 29.3 Å². The van der Waals surface area contributed by atoms with Gasteiger partial charge >= 0.3 is 0 Å². The minimum absolute atomic E-state index is 0.315. The zero-order chi connectivity index (χ0) is 11.5. The first-order valence-electron chi connectivity index (χ1n) is 4.82. The fourth-order valence-electron chi connectivity index (χ4n) is 1.46. The van der Waals surface area contributed by atoms with Crippen LogP contribution in [0.4, 0.5) is 4.39 Å². The quantitative estimate of drug-likeness (QED) is 0.808. The normalized spacial score (nSPS) is 23.4. The van der Waals surface area contributed by atoms with Crippen molar-refractivity contribution < 1.29 is 9.13 Å². The Hall–Kier alpha value is -1.93. The summed E-state index contributed by atoms with van der Waals surface area (Å²) in [5, 5.41) is 11.7. The molecule has 0 aromatic heterocycles. The lowest BCUT2D eigenvalue weighted by atomic mass is 10.2. The third-order valence-corrected chi connectivity index (χ3v) is 2.29. The number of nitriles is 1. The first-order valence-corrected chi connectivity index (χ1v) is 4.82. The summed E-state index contributed by atoms with van der Waals surface area (Å²) in [6.07, 6.45) is -0.440. The van der Waals surface area contributed by atoms with Crippen LogP contribution in [0.1, 0.15) is 5.56 Å². The number of nitrogens with one attached hydrogen (secondary N) is 1. The largest absolute Gasteiger partial charge is 0.455 e. The Kier molecular flexibility index (Phi) is 2.84. The highest BCUT2D eigenvalue weighted by molar-refractivity contribution is 5.95. The number of halogens is 1. The van der Waals surface area contributed by atoms with Crippen molar-refractivity contribution in [3.63, 3.8) is 0 Å². The van der Waals surface area contributed by atoms with E-state index < -0.39 is 12.3 Å². The highest BCUT2D eigenvalue weighted by Gasteiger charge is 2.30. The van der Waals surface area contributed by atoms with E-state index in [2.05, 4.69) is 10.3 Å². The predicted molar refractivity (Wildman–Crippen MR) is 56.3 cm³/mol. The average Bonchev–Trinajstić information content (AvgIpc) is 2.73. The Bertz CT molecular complexity index is 449. The van der Waals surface area contributed by atoms with Crippen LogP contribution in [0.5, 0.6) is 0 Å². The first-order chi connectivity index (χ1) is 7.74. The Labute approximate surface area is 92.4 Å². The summed E-state index contributed by atoms with van der Waals surface area (Å²) in [7, 11) is 1.69. The van der Waals surface area contributed by atoms with Crippen LogP contribution >= 0.6 is 0 Å². The summed E-state index contributed by atoms with van der Waals surface area (Å²) in [6, 6.07) is 7.26. The minimum Gasteiger partial charge on any atom is -0.455 e. The van der Waals surface area contributed by atoms with Crippen LogP contribution in [0.3, 0.4) is 0 Å². The van der Waals surface area contributed by atoms with Gasteiger partial charge in [0.05, 0.1) is 6.07 Å². The van der Waals surface area contributed by atoms with Crippen LogP contribution in [-0.2, 0) is 4.74 Å². The maximum atomic E-state index is 12.7. The maximum absolute atomic E-state index is 12.7. The second kappa shape index (κ2) is 4.29. The zero-order valence-corrected chi connectivity index (χ0v) is 8.64. The molecule has 1 N–H and O–H groups in total. The van der Waals surface area contributed by atoms with E-state index in [1.807, 2.05) is 6.07 Å². The average molecular weight is 219 g/mol. The summed E-state index contributed by atoms with van der Waals surface area (Å²) in [6.45, 7) is 0. The predicted octanol–water partition coefficient (Wildman–Crippen LogP) is 1.04. The third kappa shape index (κ3) is 1.88. The van der Waals surface area contributed by atoms with Gasteiger partial charge in [-0.25, -0.2) is 9.38 Å². The van der Waals surface area contributed by atoms with Crippen molar-refractivity contribution in [3.05, 3.63) is 35.6 Å². The molecule has 2 atom stereocenters. The van der Waals surface area contributed by atoms with Crippen molar-refractivity contribution in [1.82, 2.24) is 5.32 Å². The van der Waals surface area contributed by atoms with Crippen molar-refractivity contribution in [2.24, 2.45) is 4.99 Å². The van der Waals surface area contributed by atoms with Crippen LogP contribution in [0.2, 0.25) is 0 Å².